The zero-order chi connectivity index (χ0) is 13.0. The Morgan fingerprint density at radius 2 is 1.94 bits per heavy atom. The highest BCUT2D eigenvalue weighted by molar-refractivity contribution is 5.25. The number of benzene rings is 1. The van der Waals surface area contributed by atoms with Crippen molar-refractivity contribution in [3.8, 4) is 0 Å². The minimum Gasteiger partial charge on any atom is -0.388 e. The van der Waals surface area contributed by atoms with Gasteiger partial charge in [0.2, 0.25) is 0 Å². The Balaban J connectivity index is 1.80. The second kappa shape index (κ2) is 5.83. The van der Waals surface area contributed by atoms with Crippen molar-refractivity contribution in [1.82, 2.24) is 10.2 Å². The quantitative estimate of drug-likeness (QED) is 0.848. The number of nitrogens with zero attached hydrogens (tertiary/aromatic N) is 1. The topological polar surface area (TPSA) is 35.5 Å². The number of nitrogens with one attached hydrogen (secondary N) is 1. The molecule has 0 radical (unpaired) electrons. The van der Waals surface area contributed by atoms with E-state index in [4.69, 9.17) is 0 Å². The molecule has 1 saturated heterocycles. The highest BCUT2D eigenvalue weighted by atomic mass is 16.3. The first-order chi connectivity index (χ1) is 8.59. The van der Waals surface area contributed by atoms with Crippen LogP contribution in [0, 0.1) is 6.92 Å². The van der Waals surface area contributed by atoms with E-state index in [1.54, 1.807) is 0 Å². The van der Waals surface area contributed by atoms with Crippen LogP contribution in [0.25, 0.3) is 0 Å². The lowest BCUT2D eigenvalue weighted by molar-refractivity contribution is -0.0145. The van der Waals surface area contributed by atoms with Gasteiger partial charge in [0.25, 0.3) is 0 Å². The molecule has 100 valence electrons. The third-order valence-corrected chi connectivity index (χ3v) is 3.95. The zero-order valence-corrected chi connectivity index (χ0v) is 11.4. The number of rotatable bonds is 4. The van der Waals surface area contributed by atoms with Gasteiger partial charge in [-0.2, -0.15) is 0 Å². The lowest BCUT2D eigenvalue weighted by atomic mass is 9.91. The fourth-order valence-electron chi connectivity index (χ4n) is 2.45. The molecule has 0 bridgehead atoms. The number of aliphatic hydroxyl groups is 1. The maximum absolute atomic E-state index is 10.4. The summed E-state index contributed by atoms with van der Waals surface area (Å²) in [5.74, 6) is 0. The van der Waals surface area contributed by atoms with Crippen molar-refractivity contribution in [3.05, 3.63) is 35.4 Å². The van der Waals surface area contributed by atoms with Crippen LogP contribution in [0.3, 0.4) is 0 Å². The molecule has 3 heteroatoms. The summed E-state index contributed by atoms with van der Waals surface area (Å²) in [5, 5.41) is 13.8. The Morgan fingerprint density at radius 1 is 1.28 bits per heavy atom. The van der Waals surface area contributed by atoms with E-state index in [1.165, 1.54) is 11.1 Å². The fourth-order valence-corrected chi connectivity index (χ4v) is 2.45. The molecule has 0 spiro atoms. The molecule has 1 heterocycles. The molecule has 2 N–H and O–H groups in total. The molecule has 0 amide bonds. The average molecular weight is 248 g/mol. The predicted molar refractivity (Wildman–Crippen MR) is 74.6 cm³/mol. The monoisotopic (exact) mass is 248 g/mol. The molecule has 3 nitrogen and oxygen atoms in total. The first kappa shape index (κ1) is 13.5. The fraction of sp³-hybridized carbons (Fsp3) is 0.600. The highest BCUT2D eigenvalue weighted by Crippen LogP contribution is 2.20. The van der Waals surface area contributed by atoms with Crippen molar-refractivity contribution in [2.75, 3.05) is 26.7 Å². The molecule has 0 saturated carbocycles. The largest absolute Gasteiger partial charge is 0.388 e. The van der Waals surface area contributed by atoms with Crippen molar-refractivity contribution >= 4 is 0 Å². The van der Waals surface area contributed by atoms with E-state index < -0.39 is 5.60 Å². The highest BCUT2D eigenvalue weighted by Gasteiger charge is 2.30. The van der Waals surface area contributed by atoms with Crippen molar-refractivity contribution in [1.29, 1.82) is 0 Å². The number of piperidine rings is 1. The number of aryl methyl sites for hydroxylation is 1. The molecule has 0 aromatic heterocycles. The second-order valence-corrected chi connectivity index (χ2v) is 5.56. The van der Waals surface area contributed by atoms with E-state index in [1.807, 2.05) is 0 Å². The van der Waals surface area contributed by atoms with E-state index in [0.29, 0.717) is 6.54 Å². The van der Waals surface area contributed by atoms with Crippen molar-refractivity contribution < 1.29 is 5.11 Å². The van der Waals surface area contributed by atoms with Gasteiger partial charge in [0.15, 0.2) is 0 Å². The Labute approximate surface area is 110 Å². The van der Waals surface area contributed by atoms with Crippen LogP contribution in [0.1, 0.15) is 24.0 Å². The van der Waals surface area contributed by atoms with Gasteiger partial charge in [0.05, 0.1) is 5.60 Å². The smallest absolute Gasteiger partial charge is 0.0796 e. The van der Waals surface area contributed by atoms with E-state index in [-0.39, 0.29) is 0 Å². The normalized spacial score (nSPS) is 19.9. The summed E-state index contributed by atoms with van der Waals surface area (Å²) in [5.41, 5.74) is 2.10. The number of likely N-dealkylation sites (tertiary alicyclic amines) is 1. The van der Waals surface area contributed by atoms with Gasteiger partial charge in [-0.05, 0) is 37.9 Å². The number of hydrogen-bond donors (Lipinski definition) is 2. The first-order valence-corrected chi connectivity index (χ1v) is 6.75. The predicted octanol–water partition coefficient (Wildman–Crippen LogP) is 1.54. The summed E-state index contributed by atoms with van der Waals surface area (Å²) in [6.07, 6.45) is 1.73. The average Bonchev–Trinajstić information content (AvgIpc) is 2.36. The maximum atomic E-state index is 10.4. The summed E-state index contributed by atoms with van der Waals surface area (Å²) >= 11 is 0. The molecule has 1 aliphatic heterocycles. The van der Waals surface area contributed by atoms with Crippen molar-refractivity contribution in [2.24, 2.45) is 0 Å². The van der Waals surface area contributed by atoms with Crippen LogP contribution in [-0.2, 0) is 6.54 Å². The van der Waals surface area contributed by atoms with Gasteiger partial charge in [0.1, 0.15) is 0 Å². The van der Waals surface area contributed by atoms with Gasteiger partial charge in [-0.15, -0.1) is 0 Å². The minimum absolute atomic E-state index is 0.519. The molecule has 1 aliphatic rings. The van der Waals surface area contributed by atoms with Crippen molar-refractivity contribution in [2.45, 2.75) is 31.9 Å². The summed E-state index contributed by atoms with van der Waals surface area (Å²) < 4.78 is 0. The lowest BCUT2D eigenvalue weighted by Gasteiger charge is -2.36. The van der Waals surface area contributed by atoms with Crippen LogP contribution in [0.5, 0.6) is 0 Å². The van der Waals surface area contributed by atoms with Crippen LogP contribution in [0.4, 0.5) is 0 Å². The summed E-state index contributed by atoms with van der Waals surface area (Å²) in [7, 11) is 2.11. The van der Waals surface area contributed by atoms with Gasteiger partial charge >= 0.3 is 0 Å². The second-order valence-electron chi connectivity index (χ2n) is 5.56. The van der Waals surface area contributed by atoms with Crippen molar-refractivity contribution in [3.63, 3.8) is 0 Å². The first-order valence-electron chi connectivity index (χ1n) is 6.75. The Bertz CT molecular complexity index is 384. The van der Waals surface area contributed by atoms with E-state index in [2.05, 4.69) is 48.5 Å². The lowest BCUT2D eigenvalue weighted by Crippen LogP contribution is -2.48. The Kier molecular flexibility index (Phi) is 4.38. The summed E-state index contributed by atoms with van der Waals surface area (Å²) in [6, 6.07) is 8.39. The maximum Gasteiger partial charge on any atom is 0.0796 e. The molecular formula is C15H24N2O. The number of hydrogen-bond acceptors (Lipinski definition) is 3. The zero-order valence-electron chi connectivity index (χ0n) is 11.4. The molecular weight excluding hydrogens is 224 g/mol. The van der Waals surface area contributed by atoms with Crippen LogP contribution >= 0.6 is 0 Å². The Hall–Kier alpha value is -0.900. The standard InChI is InChI=1S/C15H24N2O/c1-13-5-3-4-6-14(13)11-16-12-15(18)7-9-17(2)10-8-15/h3-6,16,18H,7-12H2,1-2H3. The van der Waals surface area contributed by atoms with Gasteiger partial charge in [-0.25, -0.2) is 0 Å². The molecule has 2 rings (SSSR count). The molecule has 0 atom stereocenters. The van der Waals surface area contributed by atoms with Crippen LogP contribution in [0.2, 0.25) is 0 Å². The van der Waals surface area contributed by atoms with Crippen LogP contribution in [-0.4, -0.2) is 42.3 Å². The summed E-state index contributed by atoms with van der Waals surface area (Å²) in [6.45, 7) is 5.63. The Morgan fingerprint density at radius 3 is 2.61 bits per heavy atom. The van der Waals surface area contributed by atoms with Gasteiger partial charge in [-0.1, -0.05) is 24.3 Å². The summed E-state index contributed by atoms with van der Waals surface area (Å²) in [4.78, 5) is 2.27. The van der Waals surface area contributed by atoms with E-state index in [9.17, 15) is 5.11 Å². The molecule has 1 fully saturated rings. The third kappa shape index (κ3) is 3.55. The van der Waals surface area contributed by atoms with E-state index >= 15 is 0 Å². The minimum atomic E-state index is -0.519. The van der Waals surface area contributed by atoms with E-state index in [0.717, 1.165) is 32.5 Å². The third-order valence-electron chi connectivity index (χ3n) is 3.95. The molecule has 1 aromatic carbocycles. The molecule has 1 aromatic rings. The van der Waals surface area contributed by atoms with Gasteiger partial charge < -0.3 is 15.3 Å². The van der Waals surface area contributed by atoms with Crippen LogP contribution < -0.4 is 5.32 Å². The van der Waals surface area contributed by atoms with Gasteiger partial charge in [-0.3, -0.25) is 0 Å². The molecule has 0 unspecified atom stereocenters. The SMILES string of the molecule is Cc1ccccc1CNCC1(O)CCN(C)CC1. The van der Waals surface area contributed by atoms with Crippen LogP contribution in [0.15, 0.2) is 24.3 Å². The molecule has 18 heavy (non-hydrogen) atoms. The molecule has 0 aliphatic carbocycles. The van der Waals surface area contributed by atoms with Gasteiger partial charge in [0, 0.05) is 26.2 Å².